The van der Waals surface area contributed by atoms with E-state index in [-0.39, 0.29) is 5.91 Å². The van der Waals surface area contributed by atoms with Crippen molar-refractivity contribution in [2.45, 2.75) is 32.6 Å². The summed E-state index contributed by atoms with van der Waals surface area (Å²) < 4.78 is 5.14. The monoisotopic (exact) mass is 299 g/mol. The lowest BCUT2D eigenvalue weighted by Crippen LogP contribution is -2.40. The van der Waals surface area contributed by atoms with Crippen LogP contribution in [0.5, 0.6) is 0 Å². The van der Waals surface area contributed by atoms with Gasteiger partial charge in [-0.3, -0.25) is 9.78 Å². The summed E-state index contributed by atoms with van der Waals surface area (Å²) in [5.74, 6) is 1.23. The van der Waals surface area contributed by atoms with Gasteiger partial charge >= 0.3 is 0 Å². The van der Waals surface area contributed by atoms with Gasteiger partial charge in [-0.15, -0.1) is 0 Å². The van der Waals surface area contributed by atoms with Gasteiger partial charge in [0.15, 0.2) is 5.69 Å². The van der Waals surface area contributed by atoms with Crippen molar-refractivity contribution in [3.05, 3.63) is 47.6 Å². The van der Waals surface area contributed by atoms with Crippen molar-refractivity contribution >= 4 is 5.91 Å². The van der Waals surface area contributed by atoms with Gasteiger partial charge in [-0.1, -0.05) is 18.1 Å². The van der Waals surface area contributed by atoms with Crippen LogP contribution in [0.25, 0.3) is 0 Å². The summed E-state index contributed by atoms with van der Waals surface area (Å²) in [7, 11) is 0. The van der Waals surface area contributed by atoms with Gasteiger partial charge in [-0.05, 0) is 36.8 Å². The molecule has 3 heterocycles. The van der Waals surface area contributed by atoms with Gasteiger partial charge in [-0.2, -0.15) is 0 Å². The molecule has 116 valence electrons. The molecule has 1 amide bonds. The second-order valence-corrected chi connectivity index (χ2v) is 5.86. The molecule has 5 nitrogen and oxygen atoms in total. The molecule has 0 radical (unpaired) electrons. The Morgan fingerprint density at radius 3 is 3.14 bits per heavy atom. The maximum absolute atomic E-state index is 12.5. The third-order valence-electron chi connectivity index (χ3n) is 4.18. The molecule has 0 saturated carbocycles. The van der Waals surface area contributed by atoms with E-state index in [1.54, 1.807) is 12.3 Å². The SMILES string of the molecule is CCc1cc(C(=O)N2CCC[C@H](Cc3cccnc3)C2)no1. The summed E-state index contributed by atoms with van der Waals surface area (Å²) in [5.41, 5.74) is 1.66. The second kappa shape index (κ2) is 6.73. The molecular formula is C17H21N3O2. The van der Waals surface area contributed by atoms with Crippen LogP contribution in [0.3, 0.4) is 0 Å². The molecule has 0 aromatic carbocycles. The maximum Gasteiger partial charge on any atom is 0.276 e. The van der Waals surface area contributed by atoms with Crippen molar-refractivity contribution in [2.75, 3.05) is 13.1 Å². The lowest BCUT2D eigenvalue weighted by Gasteiger charge is -2.32. The van der Waals surface area contributed by atoms with Crippen LogP contribution in [-0.2, 0) is 12.8 Å². The number of carbonyl (C=O) groups excluding carboxylic acids is 1. The second-order valence-electron chi connectivity index (χ2n) is 5.86. The predicted octanol–water partition coefficient (Wildman–Crippen LogP) is 2.73. The molecule has 2 aromatic heterocycles. The van der Waals surface area contributed by atoms with Crippen LogP contribution >= 0.6 is 0 Å². The first-order chi connectivity index (χ1) is 10.8. The Kier molecular flexibility index (Phi) is 4.51. The number of hydrogen-bond donors (Lipinski definition) is 0. The first kappa shape index (κ1) is 14.8. The van der Waals surface area contributed by atoms with Gasteiger partial charge in [-0.25, -0.2) is 0 Å². The Labute approximate surface area is 130 Å². The van der Waals surface area contributed by atoms with Gasteiger partial charge in [0.1, 0.15) is 5.76 Å². The molecule has 1 aliphatic rings. The van der Waals surface area contributed by atoms with Crippen molar-refractivity contribution in [3.63, 3.8) is 0 Å². The lowest BCUT2D eigenvalue weighted by molar-refractivity contribution is 0.0663. The number of rotatable bonds is 4. The summed E-state index contributed by atoms with van der Waals surface area (Å²) in [6, 6.07) is 5.81. The topological polar surface area (TPSA) is 59.2 Å². The average Bonchev–Trinajstić information content (AvgIpc) is 3.04. The molecule has 0 aliphatic carbocycles. The van der Waals surface area contributed by atoms with E-state index in [1.165, 1.54) is 5.56 Å². The van der Waals surface area contributed by atoms with Crippen LogP contribution in [0.4, 0.5) is 0 Å². The van der Waals surface area contributed by atoms with E-state index in [9.17, 15) is 4.79 Å². The summed E-state index contributed by atoms with van der Waals surface area (Å²) in [4.78, 5) is 18.6. The van der Waals surface area contributed by atoms with E-state index in [4.69, 9.17) is 4.52 Å². The summed E-state index contributed by atoms with van der Waals surface area (Å²) in [6.07, 6.45) is 7.61. The molecular weight excluding hydrogens is 278 g/mol. The zero-order valence-electron chi connectivity index (χ0n) is 12.9. The van der Waals surface area contributed by atoms with E-state index in [0.29, 0.717) is 11.6 Å². The molecule has 0 N–H and O–H groups in total. The van der Waals surface area contributed by atoms with E-state index < -0.39 is 0 Å². The Morgan fingerprint density at radius 1 is 1.50 bits per heavy atom. The molecule has 3 rings (SSSR count). The van der Waals surface area contributed by atoms with Gasteiger partial charge in [0, 0.05) is 38.0 Å². The lowest BCUT2D eigenvalue weighted by atomic mass is 9.92. The van der Waals surface area contributed by atoms with Crippen LogP contribution < -0.4 is 0 Å². The molecule has 1 saturated heterocycles. The standard InChI is InChI=1S/C17H21N3O2/c1-2-15-10-16(19-22-15)17(21)20-8-4-6-14(12-20)9-13-5-3-7-18-11-13/h3,5,7,10-11,14H,2,4,6,8-9,12H2,1H3/t14-/m1/s1. The molecule has 0 bridgehead atoms. The van der Waals surface area contributed by atoms with E-state index in [1.807, 2.05) is 24.1 Å². The molecule has 0 spiro atoms. The fourth-order valence-electron chi connectivity index (χ4n) is 3.01. The Hall–Kier alpha value is -2.17. The highest BCUT2D eigenvalue weighted by Crippen LogP contribution is 2.22. The number of piperidine rings is 1. The predicted molar refractivity (Wildman–Crippen MR) is 82.4 cm³/mol. The zero-order chi connectivity index (χ0) is 15.4. The number of nitrogens with zero attached hydrogens (tertiary/aromatic N) is 3. The fraction of sp³-hybridized carbons (Fsp3) is 0.471. The minimum atomic E-state index is -0.0145. The molecule has 1 atom stereocenters. The minimum absolute atomic E-state index is 0.0145. The maximum atomic E-state index is 12.5. The van der Waals surface area contributed by atoms with Crippen molar-refractivity contribution in [2.24, 2.45) is 5.92 Å². The molecule has 22 heavy (non-hydrogen) atoms. The van der Waals surface area contributed by atoms with Gasteiger partial charge in [0.05, 0.1) is 0 Å². The van der Waals surface area contributed by atoms with Gasteiger partial charge in [0.2, 0.25) is 0 Å². The molecule has 0 unspecified atom stereocenters. The highest BCUT2D eigenvalue weighted by molar-refractivity contribution is 5.92. The van der Waals surface area contributed by atoms with Crippen LogP contribution in [0.1, 0.15) is 41.6 Å². The van der Waals surface area contributed by atoms with Crippen molar-refractivity contribution < 1.29 is 9.32 Å². The molecule has 1 fully saturated rings. The third kappa shape index (κ3) is 3.35. The number of aromatic nitrogens is 2. The Bertz CT molecular complexity index is 624. The molecule has 5 heteroatoms. The summed E-state index contributed by atoms with van der Waals surface area (Å²) in [6.45, 7) is 3.57. The van der Waals surface area contributed by atoms with Crippen molar-refractivity contribution in [3.8, 4) is 0 Å². The summed E-state index contributed by atoms with van der Waals surface area (Å²) >= 11 is 0. The zero-order valence-corrected chi connectivity index (χ0v) is 12.9. The Morgan fingerprint density at radius 2 is 2.41 bits per heavy atom. The normalized spacial score (nSPS) is 18.4. The number of carbonyl (C=O) groups is 1. The molecule has 1 aliphatic heterocycles. The van der Waals surface area contributed by atoms with Crippen LogP contribution in [-0.4, -0.2) is 34.0 Å². The van der Waals surface area contributed by atoms with Gasteiger partial charge < -0.3 is 9.42 Å². The first-order valence-electron chi connectivity index (χ1n) is 7.90. The van der Waals surface area contributed by atoms with Crippen LogP contribution in [0.15, 0.2) is 35.1 Å². The highest BCUT2D eigenvalue weighted by atomic mass is 16.5. The Balaban J connectivity index is 1.63. The largest absolute Gasteiger partial charge is 0.361 e. The van der Waals surface area contributed by atoms with Crippen molar-refractivity contribution in [1.29, 1.82) is 0 Å². The number of hydrogen-bond acceptors (Lipinski definition) is 4. The van der Waals surface area contributed by atoms with E-state index >= 15 is 0 Å². The van der Waals surface area contributed by atoms with Gasteiger partial charge in [0.25, 0.3) is 5.91 Å². The first-order valence-corrected chi connectivity index (χ1v) is 7.90. The number of pyridine rings is 1. The molecule has 2 aromatic rings. The summed E-state index contributed by atoms with van der Waals surface area (Å²) in [5, 5.41) is 3.89. The van der Waals surface area contributed by atoms with Crippen LogP contribution in [0.2, 0.25) is 0 Å². The number of amides is 1. The third-order valence-corrected chi connectivity index (χ3v) is 4.18. The van der Waals surface area contributed by atoms with E-state index in [0.717, 1.165) is 44.5 Å². The highest BCUT2D eigenvalue weighted by Gasteiger charge is 2.26. The van der Waals surface area contributed by atoms with Crippen LogP contribution in [0, 0.1) is 5.92 Å². The number of likely N-dealkylation sites (tertiary alicyclic amines) is 1. The quantitative estimate of drug-likeness (QED) is 0.871. The number of aryl methyl sites for hydroxylation is 1. The van der Waals surface area contributed by atoms with Crippen molar-refractivity contribution in [1.82, 2.24) is 15.0 Å². The average molecular weight is 299 g/mol. The van der Waals surface area contributed by atoms with E-state index in [2.05, 4.69) is 16.2 Å². The fourth-order valence-corrected chi connectivity index (χ4v) is 3.01. The smallest absolute Gasteiger partial charge is 0.276 e. The minimum Gasteiger partial charge on any atom is -0.361 e.